The number of sulfone groups is 1. The molecule has 1 aromatic rings. The summed E-state index contributed by atoms with van der Waals surface area (Å²) in [5, 5.41) is 4.24. The number of benzene rings is 1. The minimum atomic E-state index is -3.26. The summed E-state index contributed by atoms with van der Waals surface area (Å²) in [5.41, 5.74) is 0.792. The van der Waals surface area contributed by atoms with Crippen molar-refractivity contribution >= 4 is 67.6 Å². The standard InChI is InChI=1S/C16H13ClN2O4S3/c17-11-3-1-10(2-4-11)7-13-15(21)19(16(24)25-13)8-14(20)18-12-5-6-26(22,23)9-12/h1-7,12H,8-9H2,(H,18,20)/b13-7+/t12-/m1/s1. The van der Waals surface area contributed by atoms with E-state index in [9.17, 15) is 18.0 Å². The summed E-state index contributed by atoms with van der Waals surface area (Å²) in [5.74, 6) is -1.01. The van der Waals surface area contributed by atoms with Crippen LogP contribution in [0.5, 0.6) is 0 Å². The summed E-state index contributed by atoms with van der Waals surface area (Å²) in [6.07, 6.45) is 3.10. The molecule has 2 aliphatic rings. The molecule has 0 spiro atoms. The highest BCUT2D eigenvalue weighted by atomic mass is 35.5. The highest BCUT2D eigenvalue weighted by Crippen LogP contribution is 2.32. The van der Waals surface area contributed by atoms with Crippen molar-refractivity contribution < 1.29 is 18.0 Å². The second-order valence-corrected chi connectivity index (χ2v) is 9.69. The van der Waals surface area contributed by atoms with Crippen LogP contribution in [0.4, 0.5) is 0 Å². The predicted octanol–water partition coefficient (Wildman–Crippen LogP) is 1.97. The van der Waals surface area contributed by atoms with Crippen molar-refractivity contribution in [2.45, 2.75) is 6.04 Å². The minimum Gasteiger partial charge on any atom is -0.347 e. The maximum Gasteiger partial charge on any atom is 0.266 e. The molecule has 0 bridgehead atoms. The van der Waals surface area contributed by atoms with Crippen LogP contribution < -0.4 is 5.32 Å². The lowest BCUT2D eigenvalue weighted by atomic mass is 10.2. The van der Waals surface area contributed by atoms with E-state index >= 15 is 0 Å². The van der Waals surface area contributed by atoms with Gasteiger partial charge >= 0.3 is 0 Å². The Morgan fingerprint density at radius 3 is 2.69 bits per heavy atom. The fourth-order valence-electron chi connectivity index (χ4n) is 2.41. The Hall–Kier alpha value is -1.68. The van der Waals surface area contributed by atoms with Crippen LogP contribution in [0.1, 0.15) is 5.56 Å². The number of hydrogen-bond donors (Lipinski definition) is 1. The second kappa shape index (κ2) is 7.51. The number of amides is 2. The fourth-order valence-corrected chi connectivity index (χ4v) is 5.02. The van der Waals surface area contributed by atoms with Crippen molar-refractivity contribution in [3.8, 4) is 0 Å². The van der Waals surface area contributed by atoms with Crippen LogP contribution in [-0.4, -0.2) is 47.8 Å². The topological polar surface area (TPSA) is 83.6 Å². The first-order valence-corrected chi connectivity index (χ1v) is 10.8. The van der Waals surface area contributed by atoms with Gasteiger partial charge in [-0.2, -0.15) is 0 Å². The Labute approximate surface area is 165 Å². The van der Waals surface area contributed by atoms with Gasteiger partial charge in [-0.1, -0.05) is 47.7 Å². The Balaban J connectivity index is 1.64. The zero-order valence-electron chi connectivity index (χ0n) is 13.2. The Morgan fingerprint density at radius 1 is 1.38 bits per heavy atom. The summed E-state index contributed by atoms with van der Waals surface area (Å²) in [6.45, 7) is -0.257. The third-order valence-electron chi connectivity index (χ3n) is 3.62. The van der Waals surface area contributed by atoms with E-state index in [4.69, 9.17) is 23.8 Å². The van der Waals surface area contributed by atoms with E-state index in [0.29, 0.717) is 9.93 Å². The van der Waals surface area contributed by atoms with Crippen molar-refractivity contribution in [1.29, 1.82) is 0 Å². The van der Waals surface area contributed by atoms with Crippen LogP contribution in [0.3, 0.4) is 0 Å². The third-order valence-corrected chi connectivity index (χ3v) is 6.64. The molecule has 1 atom stereocenters. The van der Waals surface area contributed by atoms with Gasteiger partial charge in [0.25, 0.3) is 5.91 Å². The van der Waals surface area contributed by atoms with Crippen molar-refractivity contribution in [2.75, 3.05) is 12.3 Å². The van der Waals surface area contributed by atoms with E-state index in [2.05, 4.69) is 5.32 Å². The molecule has 0 aromatic heterocycles. The summed E-state index contributed by atoms with van der Waals surface area (Å²) in [7, 11) is -3.26. The Bertz CT molecular complexity index is 939. The van der Waals surface area contributed by atoms with Crippen molar-refractivity contribution in [3.63, 3.8) is 0 Å². The maximum atomic E-state index is 12.5. The lowest BCUT2D eigenvalue weighted by Gasteiger charge is -2.16. The summed E-state index contributed by atoms with van der Waals surface area (Å²) in [6, 6.07) is 6.38. The van der Waals surface area contributed by atoms with Crippen LogP contribution in [0, 0.1) is 0 Å². The number of carbonyl (C=O) groups excluding carboxylic acids is 2. The molecule has 0 radical (unpaired) electrons. The highest BCUT2D eigenvalue weighted by molar-refractivity contribution is 8.26. The molecule has 26 heavy (non-hydrogen) atoms. The van der Waals surface area contributed by atoms with Gasteiger partial charge < -0.3 is 5.32 Å². The Kier molecular flexibility index (Phi) is 5.52. The van der Waals surface area contributed by atoms with Gasteiger partial charge in [0, 0.05) is 10.4 Å². The average Bonchev–Trinajstić information content (AvgIpc) is 3.03. The molecule has 0 aliphatic carbocycles. The largest absolute Gasteiger partial charge is 0.347 e. The average molecular weight is 429 g/mol. The molecule has 1 fully saturated rings. The molecule has 10 heteroatoms. The van der Waals surface area contributed by atoms with Crippen LogP contribution in [0.15, 0.2) is 40.7 Å². The van der Waals surface area contributed by atoms with Gasteiger partial charge in [-0.05, 0) is 29.8 Å². The van der Waals surface area contributed by atoms with Crippen molar-refractivity contribution in [1.82, 2.24) is 10.2 Å². The third kappa shape index (κ3) is 4.53. The van der Waals surface area contributed by atoms with Gasteiger partial charge in [0.1, 0.15) is 10.9 Å². The predicted molar refractivity (Wildman–Crippen MR) is 106 cm³/mol. The van der Waals surface area contributed by atoms with Crippen LogP contribution in [0.25, 0.3) is 6.08 Å². The first kappa shape index (κ1) is 19.1. The number of halogens is 1. The number of rotatable bonds is 4. The van der Waals surface area contributed by atoms with E-state index in [0.717, 1.165) is 22.7 Å². The molecule has 2 heterocycles. The molecule has 1 saturated heterocycles. The fraction of sp³-hybridized carbons (Fsp3) is 0.188. The number of nitrogens with one attached hydrogen (secondary N) is 1. The smallest absolute Gasteiger partial charge is 0.266 e. The number of thioether (sulfide) groups is 1. The van der Waals surface area contributed by atoms with E-state index in [1.165, 1.54) is 11.0 Å². The molecule has 1 N–H and O–H groups in total. The van der Waals surface area contributed by atoms with Gasteiger partial charge in [0.05, 0.1) is 16.7 Å². The summed E-state index contributed by atoms with van der Waals surface area (Å²) < 4.78 is 23.0. The van der Waals surface area contributed by atoms with Gasteiger partial charge in [0.2, 0.25) is 5.91 Å². The Morgan fingerprint density at radius 2 is 2.08 bits per heavy atom. The number of hydrogen-bond acceptors (Lipinski definition) is 6. The zero-order valence-corrected chi connectivity index (χ0v) is 16.4. The van der Waals surface area contributed by atoms with Crippen LogP contribution >= 0.6 is 35.6 Å². The quantitative estimate of drug-likeness (QED) is 0.583. The molecular formula is C16H13ClN2O4S3. The van der Waals surface area contributed by atoms with Gasteiger partial charge in [0.15, 0.2) is 9.84 Å². The maximum absolute atomic E-state index is 12.5. The van der Waals surface area contributed by atoms with Crippen molar-refractivity contribution in [2.24, 2.45) is 0 Å². The SMILES string of the molecule is O=C(CN1C(=O)/C(=C\c2ccc(Cl)cc2)SC1=S)N[C@@H]1C=CS(=O)(=O)C1. The lowest BCUT2D eigenvalue weighted by molar-refractivity contribution is -0.128. The molecule has 0 saturated carbocycles. The van der Waals surface area contributed by atoms with E-state index in [1.54, 1.807) is 30.3 Å². The number of nitrogens with zero attached hydrogens (tertiary/aromatic N) is 1. The highest BCUT2D eigenvalue weighted by Gasteiger charge is 2.34. The van der Waals surface area contributed by atoms with Crippen molar-refractivity contribution in [3.05, 3.63) is 51.2 Å². The van der Waals surface area contributed by atoms with Crippen LogP contribution in [-0.2, 0) is 19.4 Å². The molecular weight excluding hydrogens is 416 g/mol. The lowest BCUT2D eigenvalue weighted by Crippen LogP contribution is -2.43. The number of thiocarbonyl (C=S) groups is 1. The molecule has 1 aromatic carbocycles. The van der Waals surface area contributed by atoms with E-state index < -0.39 is 21.8 Å². The first-order valence-electron chi connectivity index (χ1n) is 7.45. The molecule has 0 unspecified atom stereocenters. The molecule has 6 nitrogen and oxygen atoms in total. The zero-order chi connectivity index (χ0) is 18.9. The molecule has 3 rings (SSSR count). The molecule has 136 valence electrons. The van der Waals surface area contributed by atoms with E-state index in [-0.39, 0.29) is 22.5 Å². The molecule has 2 aliphatic heterocycles. The summed E-state index contributed by atoms with van der Waals surface area (Å²) in [4.78, 5) is 26.2. The van der Waals surface area contributed by atoms with Crippen LogP contribution in [0.2, 0.25) is 5.02 Å². The summed E-state index contributed by atoms with van der Waals surface area (Å²) >= 11 is 12.1. The second-order valence-electron chi connectivity index (χ2n) is 5.65. The van der Waals surface area contributed by atoms with Gasteiger partial charge in [-0.3, -0.25) is 14.5 Å². The number of carbonyl (C=O) groups is 2. The first-order chi connectivity index (χ1) is 12.2. The van der Waals surface area contributed by atoms with Gasteiger partial charge in [-0.25, -0.2) is 8.42 Å². The monoisotopic (exact) mass is 428 g/mol. The van der Waals surface area contributed by atoms with Gasteiger partial charge in [-0.15, -0.1) is 0 Å². The molecule has 2 amide bonds. The normalized spacial score (nSPS) is 23.0. The van der Waals surface area contributed by atoms with E-state index in [1.807, 2.05) is 0 Å². The minimum absolute atomic E-state index is 0.173.